The maximum Gasteiger partial charge on any atom is 0.248 e. The lowest BCUT2D eigenvalue weighted by atomic mass is 10.1. The number of carbonyl (C=O) groups is 1. The Kier molecular flexibility index (Phi) is 6.78. The molecule has 0 aromatic heterocycles. The van der Waals surface area contributed by atoms with E-state index in [1.54, 1.807) is 25.1 Å². The molecule has 5 nitrogen and oxygen atoms in total. The van der Waals surface area contributed by atoms with Gasteiger partial charge in [0.2, 0.25) is 15.9 Å². The van der Waals surface area contributed by atoms with E-state index in [0.717, 1.165) is 17.4 Å². The van der Waals surface area contributed by atoms with Crippen molar-refractivity contribution in [3.8, 4) is 0 Å². The van der Waals surface area contributed by atoms with Crippen LogP contribution in [0.4, 0.5) is 11.4 Å². The largest absolute Gasteiger partial charge is 0.324 e. The summed E-state index contributed by atoms with van der Waals surface area (Å²) in [5, 5.41) is 3.40. The molecule has 2 aromatic carbocycles. The van der Waals surface area contributed by atoms with Crippen molar-refractivity contribution in [2.75, 3.05) is 15.9 Å². The zero-order chi connectivity index (χ0) is 20.4. The van der Waals surface area contributed by atoms with Crippen LogP contribution in [0.5, 0.6) is 0 Å². The summed E-state index contributed by atoms with van der Waals surface area (Å²) in [6.07, 6.45) is 1.40. The molecule has 0 saturated heterocycles. The number of anilines is 2. The Morgan fingerprint density at radius 3 is 2.33 bits per heavy atom. The number of hydrogen-bond acceptors (Lipinski definition) is 3. The van der Waals surface area contributed by atoms with Crippen LogP contribution in [-0.4, -0.2) is 26.6 Å². The number of halogens is 2. The minimum atomic E-state index is -3.70. The Labute approximate surface area is 170 Å². The predicted molar refractivity (Wildman–Crippen MR) is 112 cm³/mol. The molecular weight excluding hydrogens is 407 g/mol. The van der Waals surface area contributed by atoms with Gasteiger partial charge in [-0.05, 0) is 55.7 Å². The number of carbonyl (C=O) groups excluding carboxylic acids is 1. The molecule has 0 aliphatic rings. The fourth-order valence-corrected chi connectivity index (χ4v) is 4.35. The van der Waals surface area contributed by atoms with Gasteiger partial charge in [0.1, 0.15) is 6.04 Å². The summed E-state index contributed by atoms with van der Waals surface area (Å²) in [5.74, 6) is -0.442. The zero-order valence-corrected chi connectivity index (χ0v) is 17.9. The van der Waals surface area contributed by atoms with Crippen molar-refractivity contribution in [1.29, 1.82) is 0 Å². The Balaban J connectivity index is 2.44. The van der Waals surface area contributed by atoms with Crippen molar-refractivity contribution >= 4 is 50.5 Å². The molecule has 0 aliphatic heterocycles. The highest BCUT2D eigenvalue weighted by Gasteiger charge is 2.32. The topological polar surface area (TPSA) is 66.5 Å². The van der Waals surface area contributed by atoms with E-state index in [0.29, 0.717) is 27.8 Å². The zero-order valence-electron chi connectivity index (χ0n) is 15.6. The van der Waals surface area contributed by atoms with Gasteiger partial charge in [0.15, 0.2) is 0 Å². The van der Waals surface area contributed by atoms with Crippen LogP contribution >= 0.6 is 23.2 Å². The molecule has 146 valence electrons. The molecule has 0 spiro atoms. The minimum Gasteiger partial charge on any atom is -0.324 e. The van der Waals surface area contributed by atoms with Gasteiger partial charge in [-0.1, -0.05) is 42.3 Å². The van der Waals surface area contributed by atoms with Crippen molar-refractivity contribution in [1.82, 2.24) is 0 Å². The fraction of sp³-hybridized carbons (Fsp3) is 0.316. The number of sulfonamides is 1. The first-order valence-electron chi connectivity index (χ1n) is 8.37. The van der Waals surface area contributed by atoms with Gasteiger partial charge in [0, 0.05) is 5.69 Å². The summed E-state index contributed by atoms with van der Waals surface area (Å²) in [5.41, 5.74) is 2.62. The lowest BCUT2D eigenvalue weighted by molar-refractivity contribution is -0.117. The first-order valence-corrected chi connectivity index (χ1v) is 11.0. The molecule has 0 heterocycles. The van der Waals surface area contributed by atoms with Crippen molar-refractivity contribution < 1.29 is 13.2 Å². The van der Waals surface area contributed by atoms with Gasteiger partial charge in [-0.2, -0.15) is 0 Å². The summed E-state index contributed by atoms with van der Waals surface area (Å²) in [6.45, 7) is 5.46. The summed E-state index contributed by atoms with van der Waals surface area (Å²) in [6, 6.07) is 9.31. The quantitative estimate of drug-likeness (QED) is 0.718. The van der Waals surface area contributed by atoms with E-state index >= 15 is 0 Å². The Hall–Kier alpha value is -1.76. The normalized spacial score (nSPS) is 12.5. The molecule has 1 atom stereocenters. The number of hydrogen-bond donors (Lipinski definition) is 1. The van der Waals surface area contributed by atoms with Gasteiger partial charge >= 0.3 is 0 Å². The van der Waals surface area contributed by atoms with E-state index < -0.39 is 22.0 Å². The van der Waals surface area contributed by atoms with Crippen molar-refractivity contribution in [2.45, 2.75) is 33.2 Å². The molecule has 0 bridgehead atoms. The summed E-state index contributed by atoms with van der Waals surface area (Å²) in [7, 11) is -3.70. The predicted octanol–water partition coefficient (Wildman–Crippen LogP) is 4.79. The van der Waals surface area contributed by atoms with Crippen LogP contribution in [0.3, 0.4) is 0 Å². The average molecular weight is 429 g/mol. The Morgan fingerprint density at radius 1 is 1.11 bits per heavy atom. The second-order valence-corrected chi connectivity index (χ2v) is 9.06. The number of benzene rings is 2. The van der Waals surface area contributed by atoms with Crippen LogP contribution in [0, 0.1) is 13.8 Å². The smallest absolute Gasteiger partial charge is 0.248 e. The van der Waals surface area contributed by atoms with Crippen molar-refractivity contribution in [3.63, 3.8) is 0 Å². The molecule has 27 heavy (non-hydrogen) atoms. The first-order chi connectivity index (χ1) is 12.5. The molecule has 0 saturated carbocycles. The molecule has 0 aliphatic carbocycles. The summed E-state index contributed by atoms with van der Waals surface area (Å²) in [4.78, 5) is 12.9. The molecule has 0 radical (unpaired) electrons. The Morgan fingerprint density at radius 2 is 1.78 bits per heavy atom. The fourth-order valence-electron chi connectivity index (χ4n) is 2.79. The third-order valence-electron chi connectivity index (χ3n) is 4.12. The van der Waals surface area contributed by atoms with Gasteiger partial charge in [0.25, 0.3) is 0 Å². The third-order valence-corrected chi connectivity index (χ3v) is 6.02. The van der Waals surface area contributed by atoms with Crippen LogP contribution in [0.15, 0.2) is 36.4 Å². The maximum absolute atomic E-state index is 12.9. The van der Waals surface area contributed by atoms with Crippen molar-refractivity contribution in [3.05, 3.63) is 57.6 Å². The van der Waals surface area contributed by atoms with Crippen LogP contribution in [0.1, 0.15) is 24.5 Å². The van der Waals surface area contributed by atoms with Crippen molar-refractivity contribution in [2.24, 2.45) is 0 Å². The highest BCUT2D eigenvalue weighted by atomic mass is 35.5. The molecule has 2 aromatic rings. The lowest BCUT2D eigenvalue weighted by Gasteiger charge is -2.31. The van der Waals surface area contributed by atoms with E-state index in [2.05, 4.69) is 5.32 Å². The number of amides is 1. The van der Waals surface area contributed by atoms with Gasteiger partial charge in [-0.3, -0.25) is 9.10 Å². The highest BCUT2D eigenvalue weighted by Crippen LogP contribution is 2.29. The first kappa shape index (κ1) is 21.5. The van der Waals surface area contributed by atoms with Crippen LogP contribution < -0.4 is 9.62 Å². The molecular formula is C19H22Cl2N2O3S. The molecule has 0 fully saturated rings. The second kappa shape index (κ2) is 8.50. The number of aryl methyl sites for hydroxylation is 2. The standard InChI is InChI=1S/C19H22Cl2N2O3S/c1-5-17(19(24)22-14-8-9-15(20)16(21)11-14)23(27(4,25)26)18-10-12(2)6-7-13(18)3/h6-11,17H,5H2,1-4H3,(H,22,24). The molecule has 1 N–H and O–H groups in total. The van der Waals surface area contributed by atoms with E-state index in [9.17, 15) is 13.2 Å². The highest BCUT2D eigenvalue weighted by molar-refractivity contribution is 7.92. The summed E-state index contributed by atoms with van der Waals surface area (Å²) >= 11 is 11.9. The van der Waals surface area contributed by atoms with E-state index in [1.165, 1.54) is 10.4 Å². The van der Waals surface area contributed by atoms with Crippen LogP contribution in [-0.2, 0) is 14.8 Å². The van der Waals surface area contributed by atoms with Crippen LogP contribution in [0.2, 0.25) is 10.0 Å². The molecule has 1 amide bonds. The third kappa shape index (κ3) is 5.15. The van der Waals surface area contributed by atoms with Gasteiger partial charge in [0.05, 0.1) is 22.0 Å². The molecule has 1 unspecified atom stereocenters. The van der Waals surface area contributed by atoms with E-state index in [4.69, 9.17) is 23.2 Å². The second-order valence-electron chi connectivity index (χ2n) is 6.39. The number of nitrogens with zero attached hydrogens (tertiary/aromatic N) is 1. The van der Waals surface area contributed by atoms with Gasteiger partial charge in [-0.25, -0.2) is 8.42 Å². The SMILES string of the molecule is CCC(C(=O)Nc1ccc(Cl)c(Cl)c1)N(c1cc(C)ccc1C)S(C)(=O)=O. The molecule has 8 heteroatoms. The van der Waals surface area contributed by atoms with Crippen LogP contribution in [0.25, 0.3) is 0 Å². The monoisotopic (exact) mass is 428 g/mol. The summed E-state index contributed by atoms with van der Waals surface area (Å²) < 4.78 is 26.3. The number of nitrogens with one attached hydrogen (secondary N) is 1. The average Bonchev–Trinajstić information content (AvgIpc) is 2.57. The lowest BCUT2D eigenvalue weighted by Crippen LogP contribution is -2.47. The maximum atomic E-state index is 12.9. The number of rotatable bonds is 6. The van der Waals surface area contributed by atoms with Gasteiger partial charge in [-0.15, -0.1) is 0 Å². The molecule has 2 rings (SSSR count). The minimum absolute atomic E-state index is 0.299. The van der Waals surface area contributed by atoms with E-state index in [1.807, 2.05) is 26.0 Å². The van der Waals surface area contributed by atoms with Gasteiger partial charge < -0.3 is 5.32 Å². The Bertz CT molecular complexity index is 961. The van der Waals surface area contributed by atoms with E-state index in [-0.39, 0.29) is 0 Å².